The van der Waals surface area contributed by atoms with Crippen LogP contribution in [0.1, 0.15) is 22.3 Å². The van der Waals surface area contributed by atoms with Gasteiger partial charge in [-0.05, 0) is 79.1 Å². The highest BCUT2D eigenvalue weighted by Crippen LogP contribution is 2.33. The molecule has 0 aliphatic carbocycles. The maximum atomic E-state index is 13.3. The lowest BCUT2D eigenvalue weighted by atomic mass is 10.0. The van der Waals surface area contributed by atoms with Crippen LogP contribution in [-0.2, 0) is 16.4 Å². The lowest BCUT2D eigenvalue weighted by molar-refractivity contribution is 0.102. The second kappa shape index (κ2) is 8.20. The van der Waals surface area contributed by atoms with Crippen LogP contribution in [0.25, 0.3) is 0 Å². The monoisotopic (exact) mass is 488 g/mol. The van der Waals surface area contributed by atoms with Gasteiger partial charge in [-0.1, -0.05) is 22.0 Å². The average molecular weight is 489 g/mol. The number of carbonyl (C=O) groups excluding carboxylic acids is 1. The van der Waals surface area contributed by atoms with Gasteiger partial charge in [0.1, 0.15) is 5.82 Å². The van der Waals surface area contributed by atoms with Gasteiger partial charge in [-0.15, -0.1) is 0 Å². The third-order valence-corrected chi connectivity index (χ3v) is 7.26. The summed E-state index contributed by atoms with van der Waals surface area (Å²) in [5, 5.41) is 2.66. The van der Waals surface area contributed by atoms with Gasteiger partial charge in [0.2, 0.25) is 0 Å². The summed E-state index contributed by atoms with van der Waals surface area (Å²) in [6.07, 6.45) is 1.32. The number of nitrogens with one attached hydrogen (secondary N) is 1. The van der Waals surface area contributed by atoms with E-state index in [0.717, 1.165) is 10.0 Å². The minimum absolute atomic E-state index is 0.214. The molecule has 1 aliphatic heterocycles. The molecule has 30 heavy (non-hydrogen) atoms. The fourth-order valence-corrected chi connectivity index (χ4v) is 5.26. The van der Waals surface area contributed by atoms with Crippen molar-refractivity contribution in [3.63, 3.8) is 0 Å². The van der Waals surface area contributed by atoms with Crippen LogP contribution >= 0.6 is 15.9 Å². The van der Waals surface area contributed by atoms with Crippen molar-refractivity contribution in [2.45, 2.75) is 17.7 Å². The van der Waals surface area contributed by atoms with Crippen LogP contribution in [0.3, 0.4) is 0 Å². The number of carbonyl (C=O) groups is 1. The van der Waals surface area contributed by atoms with Gasteiger partial charge >= 0.3 is 0 Å². The highest BCUT2D eigenvalue weighted by atomic mass is 79.9. The zero-order valence-corrected chi connectivity index (χ0v) is 18.2. The van der Waals surface area contributed by atoms with Crippen molar-refractivity contribution in [1.29, 1.82) is 0 Å². The lowest BCUT2D eigenvalue weighted by Crippen LogP contribution is -2.35. The van der Waals surface area contributed by atoms with Crippen LogP contribution in [0.15, 0.2) is 76.1 Å². The highest BCUT2D eigenvalue weighted by molar-refractivity contribution is 9.10. The predicted octanol–water partition coefficient (Wildman–Crippen LogP) is 4.98. The molecular weight excluding hydrogens is 471 g/mol. The lowest BCUT2D eigenvalue weighted by Gasteiger charge is -2.30. The third kappa shape index (κ3) is 4.11. The topological polar surface area (TPSA) is 66.5 Å². The molecule has 5 nitrogen and oxygen atoms in total. The Morgan fingerprint density at radius 2 is 1.80 bits per heavy atom. The molecule has 3 aromatic carbocycles. The van der Waals surface area contributed by atoms with Gasteiger partial charge < -0.3 is 5.32 Å². The maximum Gasteiger partial charge on any atom is 0.264 e. The fraction of sp³-hybridized carbons (Fsp3) is 0.136. The summed E-state index contributed by atoms with van der Waals surface area (Å²) < 4.78 is 41.8. The Morgan fingerprint density at radius 3 is 2.53 bits per heavy atom. The van der Waals surface area contributed by atoms with E-state index in [1.807, 2.05) is 0 Å². The summed E-state index contributed by atoms with van der Waals surface area (Å²) >= 11 is 3.32. The van der Waals surface area contributed by atoms with Crippen molar-refractivity contribution in [2.24, 2.45) is 0 Å². The molecule has 0 fully saturated rings. The molecule has 0 saturated heterocycles. The largest absolute Gasteiger partial charge is 0.322 e. The van der Waals surface area contributed by atoms with E-state index >= 15 is 0 Å². The summed E-state index contributed by atoms with van der Waals surface area (Å²) in [5.41, 5.74) is 2.11. The Balaban J connectivity index is 1.62. The number of benzene rings is 3. The number of fused-ring (bicyclic) bond motifs is 1. The van der Waals surface area contributed by atoms with Crippen LogP contribution in [0.4, 0.5) is 15.8 Å². The van der Waals surface area contributed by atoms with Crippen molar-refractivity contribution in [3.8, 4) is 0 Å². The van der Waals surface area contributed by atoms with Gasteiger partial charge in [-0.3, -0.25) is 9.10 Å². The first-order chi connectivity index (χ1) is 14.3. The first-order valence-electron chi connectivity index (χ1n) is 9.33. The second-order valence-corrected chi connectivity index (χ2v) is 9.72. The van der Waals surface area contributed by atoms with Crippen LogP contribution in [-0.4, -0.2) is 20.9 Å². The van der Waals surface area contributed by atoms with Crippen LogP contribution in [0.2, 0.25) is 0 Å². The summed E-state index contributed by atoms with van der Waals surface area (Å²) in [6, 6.07) is 17.1. The molecule has 0 bridgehead atoms. The molecule has 3 aromatic rings. The zero-order chi connectivity index (χ0) is 21.3. The quantitative estimate of drug-likeness (QED) is 0.562. The van der Waals surface area contributed by atoms with E-state index in [0.29, 0.717) is 36.3 Å². The number of aryl methyl sites for hydroxylation is 1. The van der Waals surface area contributed by atoms with E-state index in [1.165, 1.54) is 22.5 Å². The zero-order valence-electron chi connectivity index (χ0n) is 15.8. The molecule has 1 amide bonds. The highest BCUT2D eigenvalue weighted by Gasteiger charge is 2.29. The first-order valence-corrected chi connectivity index (χ1v) is 11.6. The number of nitrogens with zero attached hydrogens (tertiary/aromatic N) is 1. The van der Waals surface area contributed by atoms with E-state index in [2.05, 4.69) is 21.2 Å². The molecule has 0 saturated carbocycles. The third-order valence-electron chi connectivity index (χ3n) is 4.90. The van der Waals surface area contributed by atoms with Gasteiger partial charge in [0.05, 0.1) is 10.6 Å². The SMILES string of the molecule is O=C(Nc1cccc(F)c1)c1ccc2c(c1)CCCN2S(=O)(=O)c1ccc(Br)cc1. The molecular formula is C22H18BrFN2O3S. The molecule has 1 N–H and O–H groups in total. The molecule has 0 spiro atoms. The van der Waals surface area contributed by atoms with Crippen molar-refractivity contribution in [3.05, 3.63) is 88.1 Å². The smallest absolute Gasteiger partial charge is 0.264 e. The van der Waals surface area contributed by atoms with Gasteiger partial charge in [0.15, 0.2) is 0 Å². The Labute approximate surface area is 182 Å². The van der Waals surface area contributed by atoms with Gasteiger partial charge in [0.25, 0.3) is 15.9 Å². The van der Waals surface area contributed by atoms with Gasteiger partial charge in [-0.2, -0.15) is 0 Å². The second-order valence-electron chi connectivity index (χ2n) is 6.94. The summed E-state index contributed by atoms with van der Waals surface area (Å²) in [4.78, 5) is 12.8. The first kappa shape index (κ1) is 20.6. The molecule has 0 aromatic heterocycles. The van der Waals surface area contributed by atoms with E-state index in [9.17, 15) is 17.6 Å². The van der Waals surface area contributed by atoms with E-state index < -0.39 is 15.8 Å². The summed E-state index contributed by atoms with van der Waals surface area (Å²) in [5.74, 6) is -0.816. The molecule has 1 heterocycles. The van der Waals surface area contributed by atoms with Crippen LogP contribution in [0, 0.1) is 5.82 Å². The summed E-state index contributed by atoms with van der Waals surface area (Å²) in [6.45, 7) is 0.375. The standard InChI is InChI=1S/C22H18BrFN2O3S/c23-17-7-9-20(10-8-17)30(28,29)26-12-2-3-15-13-16(6-11-21(15)26)22(27)25-19-5-1-4-18(24)14-19/h1,4-11,13-14H,2-3,12H2,(H,25,27). The molecule has 8 heteroatoms. The number of rotatable bonds is 4. The van der Waals surface area contributed by atoms with Gasteiger partial charge in [0, 0.05) is 22.3 Å². The molecule has 4 rings (SSSR count). The number of halogens is 2. The van der Waals surface area contributed by atoms with E-state index in [-0.39, 0.29) is 10.8 Å². The van der Waals surface area contributed by atoms with E-state index in [1.54, 1.807) is 48.5 Å². The average Bonchev–Trinajstić information content (AvgIpc) is 2.73. The number of hydrogen-bond donors (Lipinski definition) is 1. The van der Waals surface area contributed by atoms with Crippen LogP contribution < -0.4 is 9.62 Å². The molecule has 0 unspecified atom stereocenters. The molecule has 1 aliphatic rings. The molecule has 0 radical (unpaired) electrons. The van der Waals surface area contributed by atoms with Crippen molar-refractivity contribution in [2.75, 3.05) is 16.2 Å². The van der Waals surface area contributed by atoms with Crippen molar-refractivity contribution >= 4 is 43.2 Å². The van der Waals surface area contributed by atoms with Gasteiger partial charge in [-0.25, -0.2) is 12.8 Å². The number of hydrogen-bond acceptors (Lipinski definition) is 3. The van der Waals surface area contributed by atoms with Crippen molar-refractivity contribution < 1.29 is 17.6 Å². The minimum Gasteiger partial charge on any atom is -0.322 e. The maximum absolute atomic E-state index is 13.3. The van der Waals surface area contributed by atoms with Crippen molar-refractivity contribution in [1.82, 2.24) is 0 Å². The number of sulfonamides is 1. The summed E-state index contributed by atoms with van der Waals surface area (Å²) in [7, 11) is -3.71. The van der Waals surface area contributed by atoms with Crippen LogP contribution in [0.5, 0.6) is 0 Å². The molecule has 154 valence electrons. The Hall–Kier alpha value is -2.71. The minimum atomic E-state index is -3.71. The fourth-order valence-electron chi connectivity index (χ4n) is 3.46. The Kier molecular flexibility index (Phi) is 5.62. The predicted molar refractivity (Wildman–Crippen MR) is 118 cm³/mol. The normalized spacial score (nSPS) is 13.6. The Morgan fingerprint density at radius 1 is 1.03 bits per heavy atom. The number of anilines is 2. The molecule has 0 atom stereocenters. The Bertz CT molecular complexity index is 1210. The van der Waals surface area contributed by atoms with E-state index in [4.69, 9.17) is 0 Å². The number of amides is 1.